The lowest BCUT2D eigenvalue weighted by atomic mass is 10.0. The maximum atomic E-state index is 12.9. The predicted molar refractivity (Wildman–Crippen MR) is 85.8 cm³/mol. The number of rotatable bonds is 6. The fraction of sp³-hybridized carbons (Fsp3) is 0.588. The average molecular weight is 276 g/mol. The monoisotopic (exact) mass is 276 g/mol. The van der Waals surface area contributed by atoms with Gasteiger partial charge in [0.25, 0.3) is 5.91 Å². The predicted octanol–water partition coefficient (Wildman–Crippen LogP) is 3.86. The molecule has 0 atom stereocenters. The molecule has 0 radical (unpaired) electrons. The summed E-state index contributed by atoms with van der Waals surface area (Å²) in [5, 5.41) is 0. The number of hydrogen-bond donors (Lipinski definition) is 1. The van der Waals surface area contributed by atoms with Gasteiger partial charge in [-0.1, -0.05) is 33.8 Å². The van der Waals surface area contributed by atoms with Crippen LogP contribution in [0, 0.1) is 12.8 Å². The molecule has 2 N–H and O–H groups in total. The Labute approximate surface area is 123 Å². The lowest BCUT2D eigenvalue weighted by molar-refractivity contribution is 0.0639. The van der Waals surface area contributed by atoms with Gasteiger partial charge in [0, 0.05) is 23.8 Å². The summed E-state index contributed by atoms with van der Waals surface area (Å²) in [6.45, 7) is 11.3. The molecule has 0 spiro atoms. The van der Waals surface area contributed by atoms with Gasteiger partial charge >= 0.3 is 0 Å². The van der Waals surface area contributed by atoms with Crippen molar-refractivity contribution < 1.29 is 4.79 Å². The fourth-order valence-corrected chi connectivity index (χ4v) is 2.56. The Balaban J connectivity index is 3.12. The van der Waals surface area contributed by atoms with Crippen LogP contribution in [-0.2, 0) is 0 Å². The molecule has 0 saturated heterocycles. The fourth-order valence-electron chi connectivity index (χ4n) is 2.56. The average Bonchev–Trinajstić information content (AvgIpc) is 2.41. The molecular weight excluding hydrogens is 248 g/mol. The third-order valence-electron chi connectivity index (χ3n) is 3.81. The highest BCUT2D eigenvalue weighted by molar-refractivity contribution is 5.97. The number of benzene rings is 1. The highest BCUT2D eigenvalue weighted by Gasteiger charge is 2.24. The molecular formula is C17H28N2O. The first-order valence-corrected chi connectivity index (χ1v) is 7.58. The van der Waals surface area contributed by atoms with Crippen molar-refractivity contribution in [2.24, 2.45) is 5.92 Å². The van der Waals surface area contributed by atoms with Crippen LogP contribution in [0.15, 0.2) is 18.2 Å². The van der Waals surface area contributed by atoms with Crippen molar-refractivity contribution in [1.82, 2.24) is 4.90 Å². The second kappa shape index (κ2) is 7.32. The van der Waals surface area contributed by atoms with Gasteiger partial charge in [-0.2, -0.15) is 0 Å². The first kappa shape index (κ1) is 16.5. The van der Waals surface area contributed by atoms with E-state index in [1.54, 1.807) is 0 Å². The van der Waals surface area contributed by atoms with Crippen LogP contribution in [0.2, 0.25) is 0 Å². The van der Waals surface area contributed by atoms with E-state index in [1.165, 1.54) is 0 Å². The zero-order valence-corrected chi connectivity index (χ0v) is 13.4. The number of nitrogens with zero attached hydrogens (tertiary/aromatic N) is 1. The van der Waals surface area contributed by atoms with Gasteiger partial charge < -0.3 is 10.6 Å². The van der Waals surface area contributed by atoms with E-state index in [-0.39, 0.29) is 5.91 Å². The molecule has 0 fully saturated rings. The Bertz CT molecular complexity index is 450. The lowest BCUT2D eigenvalue weighted by Crippen LogP contribution is -2.42. The molecule has 112 valence electrons. The highest BCUT2D eigenvalue weighted by Crippen LogP contribution is 2.21. The molecule has 1 amide bonds. The summed E-state index contributed by atoms with van der Waals surface area (Å²) in [6.07, 6.45) is 1.96. The smallest absolute Gasteiger partial charge is 0.254 e. The van der Waals surface area contributed by atoms with Gasteiger partial charge in [0.2, 0.25) is 0 Å². The van der Waals surface area contributed by atoms with Gasteiger partial charge in [0.05, 0.1) is 0 Å². The first-order valence-electron chi connectivity index (χ1n) is 7.58. The summed E-state index contributed by atoms with van der Waals surface area (Å²) in [5.41, 5.74) is 8.24. The van der Waals surface area contributed by atoms with Crippen molar-refractivity contribution in [2.75, 3.05) is 12.3 Å². The van der Waals surface area contributed by atoms with Crippen LogP contribution < -0.4 is 5.73 Å². The molecule has 0 aliphatic carbocycles. The summed E-state index contributed by atoms with van der Waals surface area (Å²) in [5.74, 6) is 0.568. The Hall–Kier alpha value is -1.51. The largest absolute Gasteiger partial charge is 0.398 e. The topological polar surface area (TPSA) is 46.3 Å². The lowest BCUT2D eigenvalue weighted by Gasteiger charge is -2.32. The van der Waals surface area contributed by atoms with Crippen molar-refractivity contribution >= 4 is 11.6 Å². The Morgan fingerprint density at radius 3 is 2.35 bits per heavy atom. The number of carbonyl (C=O) groups excluding carboxylic acids is 1. The van der Waals surface area contributed by atoms with Gasteiger partial charge in [-0.3, -0.25) is 4.79 Å². The number of carbonyl (C=O) groups is 1. The third kappa shape index (κ3) is 3.75. The first-order chi connectivity index (χ1) is 9.42. The molecule has 1 aromatic carbocycles. The van der Waals surface area contributed by atoms with Crippen molar-refractivity contribution in [1.29, 1.82) is 0 Å². The Kier molecular flexibility index (Phi) is 6.05. The van der Waals surface area contributed by atoms with Gasteiger partial charge in [-0.15, -0.1) is 0 Å². The second-order valence-corrected chi connectivity index (χ2v) is 5.84. The molecule has 0 bridgehead atoms. The van der Waals surface area contributed by atoms with Crippen LogP contribution in [-0.4, -0.2) is 23.4 Å². The molecule has 1 aromatic rings. The summed E-state index contributed by atoms with van der Waals surface area (Å²) in [6, 6.07) is 5.88. The number of amides is 1. The molecule has 3 nitrogen and oxygen atoms in total. The number of nitrogen functional groups attached to an aromatic ring is 1. The Morgan fingerprint density at radius 2 is 1.85 bits per heavy atom. The molecule has 0 unspecified atom stereocenters. The Morgan fingerprint density at radius 1 is 1.25 bits per heavy atom. The maximum Gasteiger partial charge on any atom is 0.254 e. The summed E-state index contributed by atoms with van der Waals surface area (Å²) >= 11 is 0. The van der Waals surface area contributed by atoms with E-state index in [0.29, 0.717) is 17.6 Å². The van der Waals surface area contributed by atoms with Crippen molar-refractivity contribution in [3.05, 3.63) is 29.3 Å². The maximum absolute atomic E-state index is 12.9. The van der Waals surface area contributed by atoms with Gasteiger partial charge in [0.15, 0.2) is 0 Å². The second-order valence-electron chi connectivity index (χ2n) is 5.84. The number of anilines is 1. The molecule has 1 rings (SSSR count). The van der Waals surface area contributed by atoms with E-state index in [4.69, 9.17) is 5.73 Å². The SMILES string of the molecule is CCC(CC)N(CC(C)C)C(=O)c1cccc(N)c1C. The molecule has 0 aromatic heterocycles. The third-order valence-corrected chi connectivity index (χ3v) is 3.81. The van der Waals surface area contributed by atoms with E-state index >= 15 is 0 Å². The minimum absolute atomic E-state index is 0.109. The molecule has 0 heterocycles. The number of nitrogens with two attached hydrogens (primary N) is 1. The van der Waals surface area contributed by atoms with E-state index in [0.717, 1.165) is 30.5 Å². The summed E-state index contributed by atoms with van der Waals surface area (Å²) in [7, 11) is 0. The molecule has 0 aliphatic rings. The van der Waals surface area contributed by atoms with Gasteiger partial charge in [-0.25, -0.2) is 0 Å². The van der Waals surface area contributed by atoms with Gasteiger partial charge in [0.1, 0.15) is 0 Å². The quantitative estimate of drug-likeness (QED) is 0.802. The molecule has 3 heteroatoms. The van der Waals surface area contributed by atoms with Crippen LogP contribution in [0.5, 0.6) is 0 Å². The number of hydrogen-bond acceptors (Lipinski definition) is 2. The zero-order valence-electron chi connectivity index (χ0n) is 13.4. The van der Waals surface area contributed by atoms with E-state index in [2.05, 4.69) is 27.7 Å². The van der Waals surface area contributed by atoms with Crippen molar-refractivity contribution in [2.45, 2.75) is 53.5 Å². The van der Waals surface area contributed by atoms with E-state index < -0.39 is 0 Å². The van der Waals surface area contributed by atoms with Gasteiger partial charge in [-0.05, 0) is 43.4 Å². The van der Waals surface area contributed by atoms with Crippen LogP contribution >= 0.6 is 0 Å². The molecule has 0 aliphatic heterocycles. The normalized spacial score (nSPS) is 11.2. The van der Waals surface area contributed by atoms with Crippen LogP contribution in [0.25, 0.3) is 0 Å². The van der Waals surface area contributed by atoms with Crippen LogP contribution in [0.1, 0.15) is 56.5 Å². The minimum atomic E-state index is 0.109. The van der Waals surface area contributed by atoms with E-state index in [1.807, 2.05) is 30.0 Å². The zero-order chi connectivity index (χ0) is 15.3. The van der Waals surface area contributed by atoms with Crippen molar-refractivity contribution in [3.8, 4) is 0 Å². The minimum Gasteiger partial charge on any atom is -0.398 e. The molecule has 0 saturated carbocycles. The highest BCUT2D eigenvalue weighted by atomic mass is 16.2. The van der Waals surface area contributed by atoms with Crippen molar-refractivity contribution in [3.63, 3.8) is 0 Å². The standard InChI is InChI=1S/C17H28N2O/c1-6-14(7-2)19(11-12(3)4)17(20)15-9-8-10-16(18)13(15)5/h8-10,12,14H,6-7,11,18H2,1-5H3. The van der Waals surface area contributed by atoms with Crippen LogP contribution in [0.4, 0.5) is 5.69 Å². The van der Waals surface area contributed by atoms with E-state index in [9.17, 15) is 4.79 Å². The van der Waals surface area contributed by atoms with Crippen LogP contribution in [0.3, 0.4) is 0 Å². The summed E-state index contributed by atoms with van der Waals surface area (Å²) in [4.78, 5) is 14.9. The summed E-state index contributed by atoms with van der Waals surface area (Å²) < 4.78 is 0. The molecule has 20 heavy (non-hydrogen) atoms.